The number of carbonyl (C=O) groups excluding carboxylic acids is 1. The number of aromatic nitrogens is 1. The summed E-state index contributed by atoms with van der Waals surface area (Å²) < 4.78 is 4.83. The van der Waals surface area contributed by atoms with Crippen molar-refractivity contribution in [2.24, 2.45) is 0 Å². The molecule has 1 atom stereocenters. The lowest BCUT2D eigenvalue weighted by Crippen LogP contribution is -2.46. The third-order valence-corrected chi connectivity index (χ3v) is 2.26. The predicted octanol–water partition coefficient (Wildman–Crippen LogP) is -0.344. The third-order valence-electron chi connectivity index (χ3n) is 2.26. The van der Waals surface area contributed by atoms with E-state index in [9.17, 15) is 14.7 Å². The predicted molar refractivity (Wildman–Crippen MR) is 61.4 cm³/mol. The largest absolute Gasteiger partial charge is 0.481 e. The quantitative estimate of drug-likeness (QED) is 0.663. The van der Waals surface area contributed by atoms with Gasteiger partial charge in [-0.25, -0.2) is 9.78 Å². The maximum atomic E-state index is 11.6. The smallest absolute Gasteiger partial charge is 0.337 e. The highest BCUT2D eigenvalue weighted by Gasteiger charge is 2.30. The summed E-state index contributed by atoms with van der Waals surface area (Å²) in [5.41, 5.74) is -1.76. The van der Waals surface area contributed by atoms with Gasteiger partial charge >= 0.3 is 5.97 Å². The zero-order valence-corrected chi connectivity index (χ0v) is 10.0. The molecule has 0 fully saturated rings. The van der Waals surface area contributed by atoms with E-state index in [1.54, 1.807) is 0 Å². The van der Waals surface area contributed by atoms with Gasteiger partial charge in [-0.3, -0.25) is 4.79 Å². The van der Waals surface area contributed by atoms with Crippen molar-refractivity contribution in [1.82, 2.24) is 10.3 Å². The number of rotatable bonds is 5. The minimum absolute atomic E-state index is 0.247. The van der Waals surface area contributed by atoms with Crippen LogP contribution in [-0.2, 0) is 4.79 Å². The van der Waals surface area contributed by atoms with Crippen LogP contribution in [0.1, 0.15) is 17.3 Å². The molecule has 1 heterocycles. The van der Waals surface area contributed by atoms with Crippen LogP contribution in [0.15, 0.2) is 18.3 Å². The number of hydrogen-bond donors (Lipinski definition) is 3. The minimum Gasteiger partial charge on any atom is -0.481 e. The molecule has 0 aliphatic heterocycles. The molecule has 0 saturated carbocycles. The Hall–Kier alpha value is -2.15. The summed E-state index contributed by atoms with van der Waals surface area (Å²) in [7, 11) is 1.45. The molecule has 1 unspecified atom stereocenters. The molecule has 0 spiro atoms. The van der Waals surface area contributed by atoms with E-state index in [-0.39, 0.29) is 5.56 Å². The van der Waals surface area contributed by atoms with E-state index < -0.39 is 24.0 Å². The molecule has 0 aliphatic carbocycles. The lowest BCUT2D eigenvalue weighted by atomic mass is 10.1. The Bertz CT molecular complexity index is 441. The van der Waals surface area contributed by atoms with Crippen LogP contribution in [-0.4, -0.2) is 46.3 Å². The van der Waals surface area contributed by atoms with Crippen LogP contribution in [0.4, 0.5) is 0 Å². The standard InChI is InChI=1S/C11H14N2O5/c1-11(17,10(15)16)6-13-9(14)7-3-4-8(18-2)12-5-7/h3-5,17H,6H2,1-2H3,(H,13,14)(H,15,16). The second-order valence-corrected chi connectivity index (χ2v) is 3.85. The zero-order chi connectivity index (χ0) is 13.8. The van der Waals surface area contributed by atoms with E-state index in [1.807, 2.05) is 0 Å². The maximum Gasteiger partial charge on any atom is 0.337 e. The van der Waals surface area contributed by atoms with E-state index in [0.29, 0.717) is 5.88 Å². The summed E-state index contributed by atoms with van der Waals surface area (Å²) in [6.07, 6.45) is 1.30. The first kappa shape index (κ1) is 13.9. The summed E-state index contributed by atoms with van der Waals surface area (Å²) in [6, 6.07) is 2.99. The number of amides is 1. The fourth-order valence-electron chi connectivity index (χ4n) is 1.07. The molecular weight excluding hydrogens is 240 g/mol. The van der Waals surface area contributed by atoms with Crippen molar-refractivity contribution in [3.05, 3.63) is 23.9 Å². The second-order valence-electron chi connectivity index (χ2n) is 3.85. The van der Waals surface area contributed by atoms with Gasteiger partial charge in [0.2, 0.25) is 5.88 Å². The molecule has 0 radical (unpaired) electrons. The van der Waals surface area contributed by atoms with Crippen molar-refractivity contribution in [3.63, 3.8) is 0 Å². The average molecular weight is 254 g/mol. The number of carboxylic acids is 1. The Balaban J connectivity index is 2.63. The molecule has 98 valence electrons. The van der Waals surface area contributed by atoms with E-state index in [1.165, 1.54) is 25.4 Å². The molecule has 3 N–H and O–H groups in total. The van der Waals surface area contributed by atoms with Gasteiger partial charge in [-0.2, -0.15) is 0 Å². The first-order valence-electron chi connectivity index (χ1n) is 5.11. The lowest BCUT2D eigenvalue weighted by molar-refractivity contribution is -0.155. The molecule has 0 aromatic carbocycles. The first-order valence-corrected chi connectivity index (χ1v) is 5.11. The molecule has 1 rings (SSSR count). The Morgan fingerprint density at radius 3 is 2.61 bits per heavy atom. The molecule has 1 amide bonds. The van der Waals surface area contributed by atoms with Gasteiger partial charge in [0, 0.05) is 12.3 Å². The highest BCUT2D eigenvalue weighted by Crippen LogP contribution is 2.07. The van der Waals surface area contributed by atoms with Crippen molar-refractivity contribution >= 4 is 11.9 Å². The topological polar surface area (TPSA) is 109 Å². The molecular formula is C11H14N2O5. The zero-order valence-electron chi connectivity index (χ0n) is 10.0. The molecule has 0 bridgehead atoms. The van der Waals surface area contributed by atoms with Gasteiger partial charge in [-0.15, -0.1) is 0 Å². The van der Waals surface area contributed by atoms with Crippen LogP contribution in [0, 0.1) is 0 Å². The molecule has 0 aliphatic rings. The fourth-order valence-corrected chi connectivity index (χ4v) is 1.07. The van der Waals surface area contributed by atoms with Crippen LogP contribution in [0.3, 0.4) is 0 Å². The molecule has 7 heteroatoms. The fraction of sp³-hybridized carbons (Fsp3) is 0.364. The Labute approximate surface area is 103 Å². The number of carbonyl (C=O) groups is 2. The molecule has 0 saturated heterocycles. The normalized spacial score (nSPS) is 13.5. The van der Waals surface area contributed by atoms with Crippen LogP contribution in [0.5, 0.6) is 5.88 Å². The van der Waals surface area contributed by atoms with Gasteiger partial charge in [0.25, 0.3) is 5.91 Å². The van der Waals surface area contributed by atoms with Gasteiger partial charge in [0.15, 0.2) is 5.60 Å². The van der Waals surface area contributed by atoms with E-state index >= 15 is 0 Å². The second kappa shape index (κ2) is 5.46. The van der Waals surface area contributed by atoms with Crippen molar-refractivity contribution < 1.29 is 24.5 Å². The summed E-state index contributed by atoms with van der Waals surface area (Å²) in [6.45, 7) is 0.703. The average Bonchev–Trinajstić information content (AvgIpc) is 2.36. The minimum atomic E-state index is -2.00. The molecule has 1 aromatic heterocycles. The van der Waals surface area contributed by atoms with Gasteiger partial charge in [0.1, 0.15) is 0 Å². The third kappa shape index (κ3) is 3.42. The van der Waals surface area contributed by atoms with E-state index in [2.05, 4.69) is 10.3 Å². The van der Waals surface area contributed by atoms with Gasteiger partial charge in [-0.1, -0.05) is 0 Å². The Morgan fingerprint density at radius 2 is 2.17 bits per heavy atom. The monoisotopic (exact) mass is 254 g/mol. The number of ether oxygens (including phenoxy) is 1. The van der Waals surface area contributed by atoms with Gasteiger partial charge < -0.3 is 20.3 Å². The number of methoxy groups -OCH3 is 1. The van der Waals surface area contributed by atoms with E-state index in [4.69, 9.17) is 9.84 Å². The number of aliphatic hydroxyl groups is 1. The highest BCUT2D eigenvalue weighted by molar-refractivity contribution is 5.94. The van der Waals surface area contributed by atoms with Crippen LogP contribution in [0.25, 0.3) is 0 Å². The molecule has 1 aromatic rings. The molecule has 7 nitrogen and oxygen atoms in total. The van der Waals surface area contributed by atoms with Gasteiger partial charge in [-0.05, 0) is 13.0 Å². The molecule has 18 heavy (non-hydrogen) atoms. The Morgan fingerprint density at radius 1 is 1.50 bits per heavy atom. The summed E-state index contributed by atoms with van der Waals surface area (Å²) in [4.78, 5) is 26.1. The Kier molecular flexibility index (Phi) is 4.22. The highest BCUT2D eigenvalue weighted by atomic mass is 16.5. The van der Waals surface area contributed by atoms with Crippen molar-refractivity contribution in [2.75, 3.05) is 13.7 Å². The van der Waals surface area contributed by atoms with E-state index in [0.717, 1.165) is 6.92 Å². The number of hydrogen-bond acceptors (Lipinski definition) is 5. The summed E-state index contributed by atoms with van der Waals surface area (Å²) in [5, 5.41) is 20.4. The van der Waals surface area contributed by atoms with Crippen molar-refractivity contribution in [3.8, 4) is 5.88 Å². The van der Waals surface area contributed by atoms with Crippen LogP contribution in [0.2, 0.25) is 0 Å². The summed E-state index contributed by atoms with van der Waals surface area (Å²) in [5.74, 6) is -1.56. The number of nitrogens with one attached hydrogen (secondary N) is 1. The number of pyridine rings is 1. The maximum absolute atomic E-state index is 11.6. The number of nitrogens with zero attached hydrogens (tertiary/aromatic N) is 1. The van der Waals surface area contributed by atoms with Crippen LogP contribution < -0.4 is 10.1 Å². The van der Waals surface area contributed by atoms with Crippen molar-refractivity contribution in [2.45, 2.75) is 12.5 Å². The lowest BCUT2D eigenvalue weighted by Gasteiger charge is -2.18. The first-order chi connectivity index (χ1) is 8.36. The summed E-state index contributed by atoms with van der Waals surface area (Å²) >= 11 is 0. The number of carboxylic acid groups (broad SMARTS) is 1. The number of aliphatic carboxylic acids is 1. The van der Waals surface area contributed by atoms with Crippen LogP contribution >= 0.6 is 0 Å². The van der Waals surface area contributed by atoms with Gasteiger partial charge in [0.05, 0.1) is 19.2 Å². The SMILES string of the molecule is COc1ccc(C(=O)NCC(C)(O)C(=O)O)cn1. The van der Waals surface area contributed by atoms with Crippen molar-refractivity contribution in [1.29, 1.82) is 0 Å².